The fourth-order valence-electron chi connectivity index (χ4n) is 2.01. The number of aryl methyl sites for hydroxylation is 1. The van der Waals surface area contributed by atoms with Crippen LogP contribution in [0.5, 0.6) is 0 Å². The van der Waals surface area contributed by atoms with Crippen molar-refractivity contribution in [1.82, 2.24) is 15.1 Å². The van der Waals surface area contributed by atoms with E-state index >= 15 is 0 Å². The standard InChI is InChI=1S/C15H20FN3/c1-3-7-19-11-14(10-18-19)12-5-6-15(16)13(8-12)9-17-4-2/h5-6,8,10-11,17H,3-4,7,9H2,1-2H3. The van der Waals surface area contributed by atoms with E-state index in [0.717, 1.165) is 30.6 Å². The van der Waals surface area contributed by atoms with E-state index in [-0.39, 0.29) is 5.82 Å². The van der Waals surface area contributed by atoms with Gasteiger partial charge in [-0.2, -0.15) is 5.10 Å². The quantitative estimate of drug-likeness (QED) is 0.865. The Bertz CT molecular complexity index is 534. The van der Waals surface area contributed by atoms with Crippen LogP contribution in [0.2, 0.25) is 0 Å². The molecular weight excluding hydrogens is 241 g/mol. The fraction of sp³-hybridized carbons (Fsp3) is 0.400. The Balaban J connectivity index is 2.23. The number of hydrogen-bond acceptors (Lipinski definition) is 2. The molecule has 0 bridgehead atoms. The summed E-state index contributed by atoms with van der Waals surface area (Å²) in [5, 5.41) is 7.45. The van der Waals surface area contributed by atoms with Crippen molar-refractivity contribution in [2.45, 2.75) is 33.4 Å². The molecule has 0 aliphatic heterocycles. The van der Waals surface area contributed by atoms with Gasteiger partial charge in [-0.3, -0.25) is 4.68 Å². The average molecular weight is 261 g/mol. The lowest BCUT2D eigenvalue weighted by molar-refractivity contribution is 0.593. The molecule has 1 heterocycles. The van der Waals surface area contributed by atoms with Crippen molar-refractivity contribution in [3.8, 4) is 11.1 Å². The summed E-state index contributed by atoms with van der Waals surface area (Å²) in [5.74, 6) is -0.161. The Hall–Kier alpha value is -1.68. The Morgan fingerprint density at radius 2 is 2.11 bits per heavy atom. The van der Waals surface area contributed by atoms with Gasteiger partial charge in [0.1, 0.15) is 5.82 Å². The first kappa shape index (κ1) is 13.7. The van der Waals surface area contributed by atoms with Gasteiger partial charge < -0.3 is 5.32 Å². The van der Waals surface area contributed by atoms with Gasteiger partial charge in [0, 0.05) is 30.4 Å². The first-order valence-corrected chi connectivity index (χ1v) is 6.76. The highest BCUT2D eigenvalue weighted by Crippen LogP contribution is 2.21. The molecule has 1 N–H and O–H groups in total. The minimum atomic E-state index is -0.161. The molecule has 0 aliphatic rings. The van der Waals surface area contributed by atoms with Crippen LogP contribution < -0.4 is 5.32 Å². The number of aromatic nitrogens is 2. The molecule has 0 unspecified atom stereocenters. The van der Waals surface area contributed by atoms with E-state index in [2.05, 4.69) is 17.3 Å². The molecule has 0 spiro atoms. The highest BCUT2D eigenvalue weighted by Gasteiger charge is 2.06. The summed E-state index contributed by atoms with van der Waals surface area (Å²) in [5.41, 5.74) is 2.74. The van der Waals surface area contributed by atoms with E-state index < -0.39 is 0 Å². The second kappa shape index (κ2) is 6.48. The molecule has 4 heteroatoms. The number of benzene rings is 1. The lowest BCUT2D eigenvalue weighted by atomic mass is 10.1. The summed E-state index contributed by atoms with van der Waals surface area (Å²) in [7, 11) is 0. The normalized spacial score (nSPS) is 10.9. The maximum Gasteiger partial charge on any atom is 0.127 e. The summed E-state index contributed by atoms with van der Waals surface area (Å²) in [6, 6.07) is 5.22. The summed E-state index contributed by atoms with van der Waals surface area (Å²) in [6.07, 6.45) is 4.89. The van der Waals surface area contributed by atoms with Gasteiger partial charge in [-0.1, -0.05) is 19.9 Å². The first-order valence-electron chi connectivity index (χ1n) is 6.76. The first-order chi connectivity index (χ1) is 9.24. The molecule has 0 atom stereocenters. The second-order valence-electron chi connectivity index (χ2n) is 4.58. The van der Waals surface area contributed by atoms with E-state index in [1.165, 1.54) is 6.07 Å². The van der Waals surface area contributed by atoms with Crippen LogP contribution >= 0.6 is 0 Å². The molecule has 19 heavy (non-hydrogen) atoms. The third kappa shape index (κ3) is 3.41. The van der Waals surface area contributed by atoms with Gasteiger partial charge in [-0.25, -0.2) is 4.39 Å². The molecule has 0 aliphatic carbocycles. The van der Waals surface area contributed by atoms with E-state index in [1.54, 1.807) is 6.07 Å². The molecule has 0 radical (unpaired) electrons. The monoisotopic (exact) mass is 261 g/mol. The smallest absolute Gasteiger partial charge is 0.127 e. The van der Waals surface area contributed by atoms with Crippen molar-refractivity contribution < 1.29 is 4.39 Å². The number of hydrogen-bond donors (Lipinski definition) is 1. The molecule has 2 rings (SSSR count). The lowest BCUT2D eigenvalue weighted by Gasteiger charge is -2.06. The number of rotatable bonds is 6. The summed E-state index contributed by atoms with van der Waals surface area (Å²) >= 11 is 0. The molecule has 3 nitrogen and oxygen atoms in total. The third-order valence-electron chi connectivity index (χ3n) is 3.03. The van der Waals surface area contributed by atoms with Crippen LogP contribution in [-0.4, -0.2) is 16.3 Å². The Morgan fingerprint density at radius 3 is 2.84 bits per heavy atom. The molecule has 0 saturated carbocycles. The van der Waals surface area contributed by atoms with Gasteiger partial charge in [0.25, 0.3) is 0 Å². The van der Waals surface area contributed by atoms with Crippen molar-refractivity contribution in [2.24, 2.45) is 0 Å². The van der Waals surface area contributed by atoms with Gasteiger partial charge in [-0.15, -0.1) is 0 Å². The zero-order valence-corrected chi connectivity index (χ0v) is 11.5. The molecule has 1 aromatic carbocycles. The molecular formula is C15H20FN3. The van der Waals surface area contributed by atoms with E-state index in [9.17, 15) is 4.39 Å². The van der Waals surface area contributed by atoms with Gasteiger partial charge in [0.15, 0.2) is 0 Å². The van der Waals surface area contributed by atoms with Crippen molar-refractivity contribution in [2.75, 3.05) is 6.54 Å². The topological polar surface area (TPSA) is 29.9 Å². The van der Waals surface area contributed by atoms with Crippen molar-refractivity contribution in [3.05, 3.63) is 42.0 Å². The van der Waals surface area contributed by atoms with Gasteiger partial charge in [0.2, 0.25) is 0 Å². The fourth-order valence-corrected chi connectivity index (χ4v) is 2.01. The van der Waals surface area contributed by atoms with Gasteiger partial charge in [0.05, 0.1) is 6.20 Å². The molecule has 102 valence electrons. The summed E-state index contributed by atoms with van der Waals surface area (Å²) < 4.78 is 15.6. The molecule has 1 aromatic heterocycles. The minimum Gasteiger partial charge on any atom is -0.313 e. The predicted octanol–water partition coefficient (Wildman–Crippen LogP) is 3.21. The summed E-state index contributed by atoms with van der Waals surface area (Å²) in [6.45, 7) is 6.42. The van der Waals surface area contributed by atoms with Crippen molar-refractivity contribution in [3.63, 3.8) is 0 Å². The van der Waals surface area contributed by atoms with Crippen LogP contribution in [0.3, 0.4) is 0 Å². The minimum absolute atomic E-state index is 0.161. The highest BCUT2D eigenvalue weighted by atomic mass is 19.1. The van der Waals surface area contributed by atoms with Crippen LogP contribution in [0.1, 0.15) is 25.8 Å². The number of nitrogens with zero attached hydrogens (tertiary/aromatic N) is 2. The Kier molecular flexibility index (Phi) is 4.68. The van der Waals surface area contributed by atoms with Crippen LogP contribution in [0, 0.1) is 5.82 Å². The lowest BCUT2D eigenvalue weighted by Crippen LogP contribution is -2.12. The molecule has 0 amide bonds. The molecule has 0 saturated heterocycles. The largest absolute Gasteiger partial charge is 0.313 e. The average Bonchev–Trinajstić information content (AvgIpc) is 2.87. The van der Waals surface area contributed by atoms with Crippen molar-refractivity contribution >= 4 is 0 Å². The SMILES string of the molecule is CCCn1cc(-c2ccc(F)c(CNCC)c2)cn1. The zero-order valence-electron chi connectivity index (χ0n) is 11.5. The predicted molar refractivity (Wildman–Crippen MR) is 75.3 cm³/mol. The zero-order chi connectivity index (χ0) is 13.7. The van der Waals surface area contributed by atoms with Crippen molar-refractivity contribution in [1.29, 1.82) is 0 Å². The maximum absolute atomic E-state index is 13.7. The highest BCUT2D eigenvalue weighted by molar-refractivity contribution is 5.62. The molecule has 2 aromatic rings. The van der Waals surface area contributed by atoms with Gasteiger partial charge >= 0.3 is 0 Å². The van der Waals surface area contributed by atoms with Crippen LogP contribution in [0.25, 0.3) is 11.1 Å². The molecule has 0 fully saturated rings. The Morgan fingerprint density at radius 1 is 1.26 bits per heavy atom. The Labute approximate surface area is 113 Å². The maximum atomic E-state index is 13.7. The van der Waals surface area contributed by atoms with Crippen LogP contribution in [-0.2, 0) is 13.1 Å². The van der Waals surface area contributed by atoms with Crippen LogP contribution in [0.4, 0.5) is 4.39 Å². The number of halogens is 1. The summed E-state index contributed by atoms with van der Waals surface area (Å²) in [4.78, 5) is 0. The number of nitrogens with one attached hydrogen (secondary N) is 1. The van der Waals surface area contributed by atoms with E-state index in [1.807, 2.05) is 30.1 Å². The van der Waals surface area contributed by atoms with E-state index in [0.29, 0.717) is 12.1 Å². The van der Waals surface area contributed by atoms with Crippen LogP contribution in [0.15, 0.2) is 30.6 Å². The van der Waals surface area contributed by atoms with E-state index in [4.69, 9.17) is 0 Å². The third-order valence-corrected chi connectivity index (χ3v) is 3.03. The van der Waals surface area contributed by atoms with Gasteiger partial charge in [-0.05, 0) is 30.7 Å². The second-order valence-corrected chi connectivity index (χ2v) is 4.58.